The molecule has 32 heavy (non-hydrogen) atoms. The van der Waals surface area contributed by atoms with Crippen LogP contribution in [0, 0.1) is 24.7 Å². The van der Waals surface area contributed by atoms with Crippen molar-refractivity contribution in [2.45, 2.75) is 33.1 Å². The molecule has 0 unspecified atom stereocenters. The van der Waals surface area contributed by atoms with Crippen molar-refractivity contribution in [3.63, 3.8) is 0 Å². The summed E-state index contributed by atoms with van der Waals surface area (Å²) in [6.07, 6.45) is 2.43. The molecule has 0 bridgehead atoms. The van der Waals surface area contributed by atoms with E-state index in [1.165, 1.54) is 17.0 Å². The van der Waals surface area contributed by atoms with Crippen LogP contribution in [-0.4, -0.2) is 30.3 Å². The zero-order chi connectivity index (χ0) is 22.8. The first-order valence-corrected chi connectivity index (χ1v) is 10.9. The van der Waals surface area contributed by atoms with Crippen LogP contribution in [0.2, 0.25) is 0 Å². The topological polar surface area (TPSA) is 92.8 Å². The third-order valence-corrected chi connectivity index (χ3v) is 6.30. The van der Waals surface area contributed by atoms with Gasteiger partial charge in [0.15, 0.2) is 6.61 Å². The number of ether oxygens (including phenoxy) is 1. The average Bonchev–Trinajstić information content (AvgIpc) is 3.03. The van der Waals surface area contributed by atoms with Crippen LogP contribution in [0.5, 0.6) is 0 Å². The normalized spacial score (nSPS) is 22.4. The predicted molar refractivity (Wildman–Crippen MR) is 119 cm³/mol. The molecular weight excluding hydrogens is 408 g/mol. The first-order valence-electron chi connectivity index (χ1n) is 10.9. The second-order valence-electron chi connectivity index (χ2n) is 8.63. The van der Waals surface area contributed by atoms with E-state index in [9.17, 15) is 19.2 Å². The third-order valence-electron chi connectivity index (χ3n) is 6.30. The van der Waals surface area contributed by atoms with Crippen molar-refractivity contribution in [3.8, 4) is 0 Å². The summed E-state index contributed by atoms with van der Waals surface area (Å²) in [4.78, 5) is 51.3. The van der Waals surface area contributed by atoms with Gasteiger partial charge in [-0.05, 0) is 68.0 Å². The second-order valence-corrected chi connectivity index (χ2v) is 8.63. The Morgan fingerprint density at radius 1 is 1.00 bits per heavy atom. The number of aryl methyl sites for hydroxylation is 1. The molecule has 0 spiro atoms. The Morgan fingerprint density at radius 2 is 1.69 bits per heavy atom. The highest BCUT2D eigenvalue weighted by molar-refractivity contribution is 6.22. The fraction of sp³-hybridized carbons (Fsp3) is 0.360. The van der Waals surface area contributed by atoms with Crippen molar-refractivity contribution in [3.05, 3.63) is 59.7 Å². The van der Waals surface area contributed by atoms with Gasteiger partial charge in [0.05, 0.1) is 23.1 Å². The monoisotopic (exact) mass is 434 g/mol. The minimum Gasteiger partial charge on any atom is -0.452 e. The molecule has 3 amide bonds. The number of hydrogen-bond donors (Lipinski definition) is 1. The summed E-state index contributed by atoms with van der Waals surface area (Å²) in [6.45, 7) is 3.56. The highest BCUT2D eigenvalue weighted by atomic mass is 16.5. The largest absolute Gasteiger partial charge is 0.452 e. The van der Waals surface area contributed by atoms with Gasteiger partial charge in [0, 0.05) is 5.69 Å². The van der Waals surface area contributed by atoms with Crippen LogP contribution in [0.3, 0.4) is 0 Å². The number of fused-ring (bicyclic) bond motifs is 1. The number of anilines is 2. The number of benzene rings is 2. The van der Waals surface area contributed by atoms with Crippen LogP contribution >= 0.6 is 0 Å². The van der Waals surface area contributed by atoms with Gasteiger partial charge < -0.3 is 10.1 Å². The van der Waals surface area contributed by atoms with E-state index >= 15 is 0 Å². The molecule has 1 saturated heterocycles. The van der Waals surface area contributed by atoms with Crippen molar-refractivity contribution < 1.29 is 23.9 Å². The van der Waals surface area contributed by atoms with E-state index in [1.54, 1.807) is 18.2 Å². The van der Waals surface area contributed by atoms with Crippen molar-refractivity contribution in [2.75, 3.05) is 16.8 Å². The van der Waals surface area contributed by atoms with Crippen LogP contribution in [0.4, 0.5) is 11.4 Å². The molecule has 166 valence electrons. The number of esters is 1. The van der Waals surface area contributed by atoms with E-state index in [-0.39, 0.29) is 29.2 Å². The van der Waals surface area contributed by atoms with E-state index in [0.29, 0.717) is 17.3 Å². The summed E-state index contributed by atoms with van der Waals surface area (Å²) in [5.41, 5.74) is 2.26. The molecule has 2 aromatic carbocycles. The Bertz CT molecular complexity index is 1060. The van der Waals surface area contributed by atoms with Gasteiger partial charge in [0.25, 0.3) is 5.91 Å². The quantitative estimate of drug-likeness (QED) is 0.572. The Kier molecular flexibility index (Phi) is 6.08. The van der Waals surface area contributed by atoms with Crippen molar-refractivity contribution in [1.82, 2.24) is 0 Å². The van der Waals surface area contributed by atoms with E-state index in [2.05, 4.69) is 12.2 Å². The lowest BCUT2D eigenvalue weighted by Crippen LogP contribution is -2.30. The van der Waals surface area contributed by atoms with E-state index < -0.39 is 18.5 Å². The molecule has 1 heterocycles. The van der Waals surface area contributed by atoms with Gasteiger partial charge in [-0.25, -0.2) is 4.79 Å². The molecule has 0 radical (unpaired) electrons. The summed E-state index contributed by atoms with van der Waals surface area (Å²) in [5, 5.41) is 2.70. The molecule has 7 heteroatoms. The number of carbonyl (C=O) groups excluding carboxylic acids is 4. The van der Waals surface area contributed by atoms with Crippen molar-refractivity contribution >= 4 is 35.1 Å². The molecule has 2 fully saturated rings. The Labute approximate surface area is 186 Å². The Hall–Kier alpha value is -3.48. The first kappa shape index (κ1) is 21.7. The number of nitrogens with zero attached hydrogens (tertiary/aromatic N) is 1. The summed E-state index contributed by atoms with van der Waals surface area (Å²) in [5.74, 6) is -1.46. The van der Waals surface area contributed by atoms with Gasteiger partial charge in [-0.15, -0.1) is 0 Å². The smallest absolute Gasteiger partial charge is 0.338 e. The number of imide groups is 1. The lowest BCUT2D eigenvalue weighted by Gasteiger charge is -2.25. The molecule has 0 aromatic heterocycles. The maximum Gasteiger partial charge on any atom is 0.338 e. The highest BCUT2D eigenvalue weighted by Gasteiger charge is 2.49. The molecular formula is C25H26N2O5. The standard InChI is InChI=1S/C25H26N2O5/c1-15-7-12-19-20(13-15)24(30)27(23(19)29)18-10-8-17(9-11-18)25(31)32-14-22(28)26-21-6-4-3-5-16(21)2/h3-6,8-11,15,19-20H,7,12-14H2,1-2H3,(H,26,28)/t15-,19-,20+/m1/s1. The van der Waals surface area contributed by atoms with Crippen LogP contribution < -0.4 is 10.2 Å². The molecule has 7 nitrogen and oxygen atoms in total. The third kappa shape index (κ3) is 4.28. The SMILES string of the molecule is Cc1ccccc1NC(=O)COC(=O)c1ccc(N2C(=O)[C@H]3C[C@H](C)CC[C@H]3C2=O)cc1. The summed E-state index contributed by atoms with van der Waals surface area (Å²) in [6, 6.07) is 13.5. The molecule has 1 aliphatic heterocycles. The van der Waals surface area contributed by atoms with Crippen LogP contribution in [0.25, 0.3) is 0 Å². The number of carbonyl (C=O) groups is 4. The number of nitrogens with one attached hydrogen (secondary N) is 1. The summed E-state index contributed by atoms with van der Waals surface area (Å²) >= 11 is 0. The first-order chi connectivity index (χ1) is 15.3. The number of para-hydroxylation sites is 1. The van der Waals surface area contributed by atoms with Crippen LogP contribution in [-0.2, 0) is 19.1 Å². The number of rotatable bonds is 5. The van der Waals surface area contributed by atoms with Gasteiger partial charge in [-0.3, -0.25) is 19.3 Å². The lowest BCUT2D eigenvalue weighted by molar-refractivity contribution is -0.122. The summed E-state index contributed by atoms with van der Waals surface area (Å²) < 4.78 is 5.10. The maximum absolute atomic E-state index is 12.8. The molecule has 3 atom stereocenters. The molecule has 4 rings (SSSR count). The summed E-state index contributed by atoms with van der Waals surface area (Å²) in [7, 11) is 0. The fourth-order valence-corrected chi connectivity index (χ4v) is 4.50. The molecule has 1 saturated carbocycles. The molecule has 2 aromatic rings. The minimum atomic E-state index is -0.655. The minimum absolute atomic E-state index is 0.157. The molecule has 2 aliphatic rings. The number of hydrogen-bond acceptors (Lipinski definition) is 5. The van der Waals surface area contributed by atoms with Gasteiger partial charge in [-0.1, -0.05) is 25.1 Å². The van der Waals surface area contributed by atoms with Gasteiger partial charge in [0.1, 0.15) is 0 Å². The second kappa shape index (κ2) is 8.94. The number of amides is 3. The van der Waals surface area contributed by atoms with E-state index in [4.69, 9.17) is 4.74 Å². The van der Waals surface area contributed by atoms with Crippen molar-refractivity contribution in [1.29, 1.82) is 0 Å². The van der Waals surface area contributed by atoms with E-state index in [1.807, 2.05) is 25.1 Å². The Morgan fingerprint density at radius 3 is 2.41 bits per heavy atom. The Balaban J connectivity index is 1.37. The fourth-order valence-electron chi connectivity index (χ4n) is 4.50. The van der Waals surface area contributed by atoms with Crippen LogP contribution in [0.1, 0.15) is 42.1 Å². The zero-order valence-electron chi connectivity index (χ0n) is 18.2. The highest BCUT2D eigenvalue weighted by Crippen LogP contribution is 2.42. The van der Waals surface area contributed by atoms with Crippen LogP contribution in [0.15, 0.2) is 48.5 Å². The molecule has 1 aliphatic carbocycles. The van der Waals surface area contributed by atoms with E-state index in [0.717, 1.165) is 24.8 Å². The average molecular weight is 434 g/mol. The lowest BCUT2D eigenvalue weighted by atomic mass is 9.76. The van der Waals surface area contributed by atoms with Crippen molar-refractivity contribution in [2.24, 2.45) is 17.8 Å². The van der Waals surface area contributed by atoms with Gasteiger partial charge >= 0.3 is 5.97 Å². The zero-order valence-corrected chi connectivity index (χ0v) is 18.2. The van der Waals surface area contributed by atoms with Gasteiger partial charge in [-0.2, -0.15) is 0 Å². The molecule has 1 N–H and O–H groups in total. The predicted octanol–water partition coefficient (Wildman–Crippen LogP) is 3.72. The van der Waals surface area contributed by atoms with Gasteiger partial charge in [0.2, 0.25) is 11.8 Å². The maximum atomic E-state index is 12.8.